The number of hydrogen-bond acceptors (Lipinski definition) is 3. The molecule has 0 atom stereocenters. The summed E-state index contributed by atoms with van der Waals surface area (Å²) in [7, 11) is 2.80. The van der Waals surface area contributed by atoms with E-state index in [-0.39, 0.29) is 16.7 Å². The van der Waals surface area contributed by atoms with Gasteiger partial charge in [-0.3, -0.25) is 0 Å². The van der Waals surface area contributed by atoms with E-state index < -0.39 is 6.43 Å². The van der Waals surface area contributed by atoms with Crippen molar-refractivity contribution in [3.8, 4) is 11.5 Å². The predicted molar refractivity (Wildman–Crippen MR) is 64.5 cm³/mol. The highest BCUT2D eigenvalue weighted by atomic mass is 19.3. The second-order valence-electron chi connectivity index (χ2n) is 4.59. The molecule has 2 N–H and O–H groups in total. The number of halogens is 2. The summed E-state index contributed by atoms with van der Waals surface area (Å²) in [5.74, 6) is 0.439. The summed E-state index contributed by atoms with van der Waals surface area (Å²) in [6.07, 6.45) is -0.731. The number of hydrogen-bond donors (Lipinski definition) is 1. The average molecular weight is 257 g/mol. The molecule has 1 aromatic rings. The van der Waals surface area contributed by atoms with Crippen molar-refractivity contribution in [3.63, 3.8) is 0 Å². The number of benzene rings is 1. The van der Waals surface area contributed by atoms with Crippen molar-refractivity contribution < 1.29 is 18.3 Å². The lowest BCUT2D eigenvalue weighted by atomic mass is 9.93. The lowest BCUT2D eigenvalue weighted by Crippen LogP contribution is -2.20. The fraction of sp³-hybridized carbons (Fsp3) is 0.538. The molecule has 5 heteroatoms. The van der Waals surface area contributed by atoms with E-state index in [0.29, 0.717) is 12.3 Å². The molecule has 18 heavy (non-hydrogen) atoms. The van der Waals surface area contributed by atoms with E-state index in [0.717, 1.165) is 18.4 Å². The molecule has 0 bridgehead atoms. The highest BCUT2D eigenvalue weighted by molar-refractivity contribution is 5.53. The van der Waals surface area contributed by atoms with Crippen LogP contribution in [0, 0.1) is 0 Å². The van der Waals surface area contributed by atoms with Crippen LogP contribution >= 0.6 is 0 Å². The molecule has 0 heterocycles. The fourth-order valence-electron chi connectivity index (χ4n) is 2.22. The number of ether oxygens (including phenoxy) is 2. The maximum absolute atomic E-state index is 13.1. The van der Waals surface area contributed by atoms with E-state index >= 15 is 0 Å². The Kier molecular flexibility index (Phi) is 3.43. The molecule has 1 fully saturated rings. The van der Waals surface area contributed by atoms with Crippen molar-refractivity contribution in [2.24, 2.45) is 5.73 Å². The quantitative estimate of drug-likeness (QED) is 0.882. The maximum atomic E-state index is 13.1. The fourth-order valence-corrected chi connectivity index (χ4v) is 2.22. The molecule has 0 amide bonds. The molecule has 0 aromatic heterocycles. The first-order chi connectivity index (χ1) is 8.57. The van der Waals surface area contributed by atoms with Gasteiger partial charge in [0.25, 0.3) is 6.43 Å². The van der Waals surface area contributed by atoms with Crippen LogP contribution in [0.25, 0.3) is 0 Å². The van der Waals surface area contributed by atoms with Crippen molar-refractivity contribution >= 4 is 0 Å². The zero-order valence-electron chi connectivity index (χ0n) is 10.5. The number of rotatable bonds is 5. The van der Waals surface area contributed by atoms with Crippen molar-refractivity contribution in [1.29, 1.82) is 0 Å². The smallest absolute Gasteiger partial charge is 0.267 e. The standard InChI is InChI=1S/C13H17F2NO2/c1-17-10-6-8(13(7-16)3-4-13)5-9(12(14)15)11(10)18-2/h5-6,12H,3-4,7,16H2,1-2H3. The number of nitrogens with two attached hydrogens (primary N) is 1. The van der Waals surface area contributed by atoms with Gasteiger partial charge >= 0.3 is 0 Å². The van der Waals surface area contributed by atoms with Crippen molar-refractivity contribution in [2.45, 2.75) is 24.7 Å². The molecular formula is C13H17F2NO2. The summed E-state index contributed by atoms with van der Waals surface area (Å²) < 4.78 is 36.3. The third-order valence-corrected chi connectivity index (χ3v) is 3.60. The van der Waals surface area contributed by atoms with Crippen LogP contribution in [0.3, 0.4) is 0 Å². The van der Waals surface area contributed by atoms with E-state index in [2.05, 4.69) is 0 Å². The largest absolute Gasteiger partial charge is 0.493 e. The predicted octanol–water partition coefficient (Wildman–Crippen LogP) is 2.63. The van der Waals surface area contributed by atoms with Gasteiger partial charge in [0.2, 0.25) is 0 Å². The van der Waals surface area contributed by atoms with Gasteiger partial charge in [-0.05, 0) is 30.5 Å². The van der Waals surface area contributed by atoms with E-state index in [1.165, 1.54) is 20.3 Å². The molecule has 1 aromatic carbocycles. The molecule has 1 saturated carbocycles. The van der Waals surface area contributed by atoms with Gasteiger partial charge in [-0.1, -0.05) is 0 Å². The molecule has 1 aliphatic carbocycles. The van der Waals surface area contributed by atoms with Gasteiger partial charge in [0.1, 0.15) is 0 Å². The number of alkyl halides is 2. The van der Waals surface area contributed by atoms with Crippen molar-refractivity contribution in [3.05, 3.63) is 23.3 Å². The van der Waals surface area contributed by atoms with Gasteiger partial charge in [0, 0.05) is 12.0 Å². The summed E-state index contributed by atoms with van der Waals surface area (Å²) in [5, 5.41) is 0. The topological polar surface area (TPSA) is 44.5 Å². The summed E-state index contributed by atoms with van der Waals surface area (Å²) in [5.41, 5.74) is 6.26. The van der Waals surface area contributed by atoms with E-state index in [1.54, 1.807) is 6.07 Å². The van der Waals surface area contributed by atoms with Crippen LogP contribution in [-0.2, 0) is 5.41 Å². The second-order valence-corrected chi connectivity index (χ2v) is 4.59. The molecule has 100 valence electrons. The monoisotopic (exact) mass is 257 g/mol. The number of methoxy groups -OCH3 is 2. The minimum Gasteiger partial charge on any atom is -0.493 e. The van der Waals surface area contributed by atoms with Crippen LogP contribution in [0.5, 0.6) is 11.5 Å². The Balaban J connectivity index is 2.54. The molecule has 0 aliphatic heterocycles. The Morgan fingerprint density at radius 3 is 2.33 bits per heavy atom. The first kappa shape index (κ1) is 13.1. The first-order valence-electron chi connectivity index (χ1n) is 5.82. The minimum atomic E-state index is -2.60. The van der Waals surface area contributed by atoms with Gasteiger partial charge in [-0.25, -0.2) is 8.78 Å². The Morgan fingerprint density at radius 1 is 1.28 bits per heavy atom. The van der Waals surface area contributed by atoms with Crippen LogP contribution in [0.2, 0.25) is 0 Å². The zero-order valence-corrected chi connectivity index (χ0v) is 10.5. The van der Waals surface area contributed by atoms with E-state index in [4.69, 9.17) is 15.2 Å². The highest BCUT2D eigenvalue weighted by Gasteiger charge is 2.44. The molecular weight excluding hydrogens is 240 g/mol. The lowest BCUT2D eigenvalue weighted by molar-refractivity contribution is 0.146. The molecule has 0 saturated heterocycles. The second kappa shape index (κ2) is 4.72. The van der Waals surface area contributed by atoms with Crippen LogP contribution in [-0.4, -0.2) is 20.8 Å². The Labute approximate surface area is 105 Å². The zero-order chi connectivity index (χ0) is 13.3. The maximum Gasteiger partial charge on any atom is 0.267 e. The Bertz CT molecular complexity index is 445. The summed E-state index contributed by atoms with van der Waals surface area (Å²) in [6, 6.07) is 3.25. The molecule has 0 spiro atoms. The SMILES string of the molecule is COc1cc(C2(CN)CC2)cc(C(F)F)c1OC. The van der Waals surface area contributed by atoms with Gasteiger partial charge in [-0.15, -0.1) is 0 Å². The van der Waals surface area contributed by atoms with E-state index in [9.17, 15) is 8.78 Å². The summed E-state index contributed by atoms with van der Waals surface area (Å²) >= 11 is 0. The van der Waals surface area contributed by atoms with Gasteiger partial charge in [0.15, 0.2) is 11.5 Å². The third-order valence-electron chi connectivity index (χ3n) is 3.60. The molecule has 3 nitrogen and oxygen atoms in total. The summed E-state index contributed by atoms with van der Waals surface area (Å²) in [6.45, 7) is 0.463. The van der Waals surface area contributed by atoms with Gasteiger partial charge in [-0.2, -0.15) is 0 Å². The van der Waals surface area contributed by atoms with Crippen LogP contribution in [0.15, 0.2) is 12.1 Å². The van der Waals surface area contributed by atoms with E-state index in [1.807, 2.05) is 0 Å². The van der Waals surface area contributed by atoms with Crippen LogP contribution < -0.4 is 15.2 Å². The molecule has 1 aliphatic rings. The highest BCUT2D eigenvalue weighted by Crippen LogP contribution is 2.50. The third kappa shape index (κ3) is 2.03. The normalized spacial score (nSPS) is 16.8. The van der Waals surface area contributed by atoms with Crippen molar-refractivity contribution in [1.82, 2.24) is 0 Å². The Morgan fingerprint density at radius 2 is 1.94 bits per heavy atom. The average Bonchev–Trinajstić information content (AvgIpc) is 3.17. The van der Waals surface area contributed by atoms with Gasteiger partial charge < -0.3 is 15.2 Å². The van der Waals surface area contributed by atoms with Crippen LogP contribution in [0.4, 0.5) is 8.78 Å². The minimum absolute atomic E-state index is 0.101. The first-order valence-corrected chi connectivity index (χ1v) is 5.82. The lowest BCUT2D eigenvalue weighted by Gasteiger charge is -2.19. The van der Waals surface area contributed by atoms with Crippen LogP contribution in [0.1, 0.15) is 30.4 Å². The molecule has 0 unspecified atom stereocenters. The molecule has 2 rings (SSSR count). The summed E-state index contributed by atoms with van der Waals surface area (Å²) in [4.78, 5) is 0. The Hall–Kier alpha value is -1.36. The van der Waals surface area contributed by atoms with Gasteiger partial charge in [0.05, 0.1) is 19.8 Å². The van der Waals surface area contributed by atoms with Crippen molar-refractivity contribution in [2.75, 3.05) is 20.8 Å². The molecule has 0 radical (unpaired) electrons.